The van der Waals surface area contributed by atoms with Gasteiger partial charge >= 0.3 is 5.97 Å². The highest BCUT2D eigenvalue weighted by molar-refractivity contribution is 5.91. The lowest BCUT2D eigenvalue weighted by Gasteiger charge is -2.10. The molecule has 1 aromatic rings. The second-order valence-electron chi connectivity index (χ2n) is 2.94. The van der Waals surface area contributed by atoms with Gasteiger partial charge < -0.3 is 9.47 Å². The van der Waals surface area contributed by atoms with Gasteiger partial charge in [-0.3, -0.25) is 0 Å². The molecule has 0 saturated heterocycles. The minimum absolute atomic E-state index is 0.00618. The Labute approximate surface area is 95.4 Å². The Balaban J connectivity index is 3.32. The Morgan fingerprint density at radius 2 is 2.18 bits per heavy atom. The number of ether oxygens (including phenoxy) is 2. The smallest absolute Gasteiger partial charge is 0.338 e. The molecule has 94 valence electrons. The number of aromatic nitrogens is 1. The molecule has 0 N–H and O–H groups in total. The van der Waals surface area contributed by atoms with E-state index in [1.807, 2.05) is 0 Å². The topological polar surface area (TPSA) is 48.4 Å². The molecule has 0 unspecified atom stereocenters. The van der Waals surface area contributed by atoms with E-state index in [2.05, 4.69) is 14.5 Å². The third-order valence-electron chi connectivity index (χ3n) is 1.91. The number of pyridine rings is 1. The Bertz CT molecular complexity index is 424. The SMILES string of the molecule is CCOC(=O)c1cc(OC)nc(F)c1C(F)F. The van der Waals surface area contributed by atoms with E-state index in [9.17, 15) is 18.0 Å². The zero-order chi connectivity index (χ0) is 13.0. The van der Waals surface area contributed by atoms with Crippen LogP contribution in [0.5, 0.6) is 5.88 Å². The molecule has 1 aromatic heterocycles. The number of esters is 1. The summed E-state index contributed by atoms with van der Waals surface area (Å²) in [7, 11) is 1.18. The van der Waals surface area contributed by atoms with Gasteiger partial charge in [-0.05, 0) is 6.92 Å². The average Bonchev–Trinajstić information content (AvgIpc) is 2.27. The molecule has 0 atom stereocenters. The van der Waals surface area contributed by atoms with Gasteiger partial charge in [0.25, 0.3) is 6.43 Å². The predicted molar refractivity (Wildman–Crippen MR) is 51.7 cm³/mol. The fourth-order valence-electron chi connectivity index (χ4n) is 1.19. The summed E-state index contributed by atoms with van der Waals surface area (Å²) in [5.74, 6) is -2.75. The van der Waals surface area contributed by atoms with E-state index < -0.39 is 29.5 Å². The van der Waals surface area contributed by atoms with Gasteiger partial charge in [0.1, 0.15) is 0 Å². The van der Waals surface area contributed by atoms with Crippen molar-refractivity contribution >= 4 is 5.97 Å². The van der Waals surface area contributed by atoms with Crippen molar-refractivity contribution in [3.63, 3.8) is 0 Å². The lowest BCUT2D eigenvalue weighted by Crippen LogP contribution is -2.12. The van der Waals surface area contributed by atoms with Crippen molar-refractivity contribution in [2.45, 2.75) is 13.3 Å². The number of hydrogen-bond acceptors (Lipinski definition) is 4. The first kappa shape index (κ1) is 13.3. The second-order valence-corrected chi connectivity index (χ2v) is 2.94. The van der Waals surface area contributed by atoms with Crippen LogP contribution in [0, 0.1) is 5.95 Å². The van der Waals surface area contributed by atoms with E-state index in [-0.39, 0.29) is 12.5 Å². The van der Waals surface area contributed by atoms with Crippen molar-refractivity contribution in [2.24, 2.45) is 0 Å². The Morgan fingerprint density at radius 1 is 1.53 bits per heavy atom. The maximum absolute atomic E-state index is 13.3. The van der Waals surface area contributed by atoms with E-state index in [0.29, 0.717) is 0 Å². The van der Waals surface area contributed by atoms with Crippen LogP contribution in [0.1, 0.15) is 29.3 Å². The maximum Gasteiger partial charge on any atom is 0.338 e. The van der Waals surface area contributed by atoms with Crippen LogP contribution in [0.15, 0.2) is 6.07 Å². The van der Waals surface area contributed by atoms with Crippen LogP contribution in [0.3, 0.4) is 0 Å². The van der Waals surface area contributed by atoms with Gasteiger partial charge in [-0.15, -0.1) is 0 Å². The van der Waals surface area contributed by atoms with Gasteiger partial charge in [0.05, 0.1) is 24.8 Å². The van der Waals surface area contributed by atoms with Crippen LogP contribution in [-0.2, 0) is 4.74 Å². The molecule has 0 aliphatic rings. The van der Waals surface area contributed by atoms with Crippen LogP contribution < -0.4 is 4.74 Å². The Hall–Kier alpha value is -1.79. The predicted octanol–water partition coefficient (Wildman–Crippen LogP) is 2.34. The van der Waals surface area contributed by atoms with Crippen LogP contribution in [0.2, 0.25) is 0 Å². The van der Waals surface area contributed by atoms with Crippen molar-refractivity contribution in [1.29, 1.82) is 0 Å². The van der Waals surface area contributed by atoms with Crippen LogP contribution in [0.25, 0.3) is 0 Å². The molecule has 0 bridgehead atoms. The molecular weight excluding hydrogens is 239 g/mol. The summed E-state index contributed by atoms with van der Waals surface area (Å²) in [6.07, 6.45) is -3.16. The molecule has 0 spiro atoms. The monoisotopic (exact) mass is 249 g/mol. The molecule has 1 rings (SSSR count). The minimum Gasteiger partial charge on any atom is -0.481 e. The summed E-state index contributed by atoms with van der Waals surface area (Å²) in [6.45, 7) is 1.50. The number of methoxy groups -OCH3 is 1. The quantitative estimate of drug-likeness (QED) is 0.607. The maximum atomic E-state index is 13.3. The first-order valence-electron chi connectivity index (χ1n) is 4.71. The number of alkyl halides is 2. The summed E-state index contributed by atoms with van der Waals surface area (Å²) in [5, 5.41) is 0. The summed E-state index contributed by atoms with van der Waals surface area (Å²) in [5.41, 5.74) is -1.66. The van der Waals surface area contributed by atoms with Crippen LogP contribution >= 0.6 is 0 Å². The number of nitrogens with zero attached hydrogens (tertiary/aromatic N) is 1. The molecule has 1 heterocycles. The average molecular weight is 249 g/mol. The van der Waals surface area contributed by atoms with Gasteiger partial charge in [0, 0.05) is 6.07 Å². The Kier molecular flexibility index (Phi) is 4.30. The molecule has 17 heavy (non-hydrogen) atoms. The molecule has 0 amide bonds. The molecule has 0 aromatic carbocycles. The number of hydrogen-bond donors (Lipinski definition) is 0. The van der Waals surface area contributed by atoms with Crippen molar-refractivity contribution in [2.75, 3.05) is 13.7 Å². The van der Waals surface area contributed by atoms with E-state index >= 15 is 0 Å². The molecule has 4 nitrogen and oxygen atoms in total. The largest absolute Gasteiger partial charge is 0.481 e. The first-order valence-corrected chi connectivity index (χ1v) is 4.71. The highest BCUT2D eigenvalue weighted by Crippen LogP contribution is 2.28. The van der Waals surface area contributed by atoms with Gasteiger partial charge in [0.2, 0.25) is 11.8 Å². The molecule has 0 saturated carbocycles. The number of rotatable bonds is 4. The van der Waals surface area contributed by atoms with E-state index in [0.717, 1.165) is 6.07 Å². The number of carbonyl (C=O) groups is 1. The van der Waals surface area contributed by atoms with Crippen molar-refractivity contribution in [3.05, 3.63) is 23.1 Å². The fourth-order valence-corrected chi connectivity index (χ4v) is 1.19. The van der Waals surface area contributed by atoms with E-state index in [1.165, 1.54) is 14.0 Å². The van der Waals surface area contributed by atoms with Crippen molar-refractivity contribution in [1.82, 2.24) is 4.98 Å². The number of halogens is 3. The van der Waals surface area contributed by atoms with Crippen molar-refractivity contribution < 1.29 is 27.4 Å². The first-order chi connectivity index (χ1) is 8.01. The zero-order valence-electron chi connectivity index (χ0n) is 9.17. The van der Waals surface area contributed by atoms with Gasteiger partial charge in [-0.25, -0.2) is 13.6 Å². The van der Waals surface area contributed by atoms with Crippen LogP contribution in [0.4, 0.5) is 13.2 Å². The van der Waals surface area contributed by atoms with Gasteiger partial charge in [0.15, 0.2) is 0 Å². The molecular formula is C10H10F3NO3. The lowest BCUT2D eigenvalue weighted by atomic mass is 10.1. The lowest BCUT2D eigenvalue weighted by molar-refractivity contribution is 0.0512. The van der Waals surface area contributed by atoms with Gasteiger partial charge in [-0.1, -0.05) is 0 Å². The summed E-state index contributed by atoms with van der Waals surface area (Å²) in [6, 6.07) is 0.919. The molecule has 0 aliphatic heterocycles. The summed E-state index contributed by atoms with van der Waals surface area (Å²) in [4.78, 5) is 14.5. The minimum atomic E-state index is -3.16. The molecule has 7 heteroatoms. The second kappa shape index (κ2) is 5.51. The van der Waals surface area contributed by atoms with E-state index in [4.69, 9.17) is 0 Å². The van der Waals surface area contributed by atoms with E-state index in [1.54, 1.807) is 0 Å². The summed E-state index contributed by atoms with van der Waals surface area (Å²) < 4.78 is 47.6. The molecule has 0 aliphatic carbocycles. The number of carbonyl (C=O) groups excluding carboxylic acids is 1. The molecule has 0 radical (unpaired) electrons. The Morgan fingerprint density at radius 3 is 2.65 bits per heavy atom. The third kappa shape index (κ3) is 2.86. The third-order valence-corrected chi connectivity index (χ3v) is 1.91. The zero-order valence-corrected chi connectivity index (χ0v) is 9.17. The summed E-state index contributed by atoms with van der Waals surface area (Å²) >= 11 is 0. The molecule has 0 fully saturated rings. The normalized spacial score (nSPS) is 10.5. The highest BCUT2D eigenvalue weighted by atomic mass is 19.3. The fraction of sp³-hybridized carbons (Fsp3) is 0.400. The van der Waals surface area contributed by atoms with Gasteiger partial charge in [-0.2, -0.15) is 9.37 Å². The van der Waals surface area contributed by atoms with Crippen molar-refractivity contribution in [3.8, 4) is 5.88 Å². The standard InChI is InChI=1S/C10H10F3NO3/c1-3-17-10(15)5-4-6(16-2)14-9(13)7(5)8(11)12/h4,8H,3H2,1-2H3. The highest BCUT2D eigenvalue weighted by Gasteiger charge is 2.26. The van der Waals surface area contributed by atoms with Crippen LogP contribution in [-0.4, -0.2) is 24.7 Å².